The van der Waals surface area contributed by atoms with Gasteiger partial charge in [0.25, 0.3) is 0 Å². The first-order valence-electron chi connectivity index (χ1n) is 5.28. The van der Waals surface area contributed by atoms with Crippen LogP contribution >= 0.6 is 0 Å². The van der Waals surface area contributed by atoms with Crippen molar-refractivity contribution in [2.45, 2.75) is 63.6 Å². The maximum atomic E-state index is 11.8. The summed E-state index contributed by atoms with van der Waals surface area (Å²) in [6.07, 6.45) is 6.08. The lowest BCUT2D eigenvalue weighted by Crippen LogP contribution is -2.39. The van der Waals surface area contributed by atoms with E-state index in [1.807, 2.05) is 13.8 Å². The molecule has 2 rings (SSSR count). The summed E-state index contributed by atoms with van der Waals surface area (Å²) >= 11 is 0. The van der Waals surface area contributed by atoms with E-state index in [0.717, 1.165) is 25.7 Å². The predicted molar refractivity (Wildman–Crippen MR) is 50.6 cm³/mol. The van der Waals surface area contributed by atoms with Gasteiger partial charge in [0.15, 0.2) is 5.78 Å². The summed E-state index contributed by atoms with van der Waals surface area (Å²) < 4.78 is 5.94. The van der Waals surface area contributed by atoms with Crippen LogP contribution in [0.1, 0.15) is 52.4 Å². The third-order valence-electron chi connectivity index (χ3n) is 3.23. The number of ether oxygens (including phenoxy) is 1. The molecule has 0 aromatic carbocycles. The van der Waals surface area contributed by atoms with Gasteiger partial charge < -0.3 is 4.74 Å². The van der Waals surface area contributed by atoms with Gasteiger partial charge in [-0.25, -0.2) is 0 Å². The van der Waals surface area contributed by atoms with E-state index in [0.29, 0.717) is 12.2 Å². The second-order valence-corrected chi connectivity index (χ2v) is 5.02. The third-order valence-corrected chi connectivity index (χ3v) is 3.23. The second kappa shape index (κ2) is 2.81. The molecular formula is C11H18O2. The molecule has 74 valence electrons. The quantitative estimate of drug-likeness (QED) is 0.575. The van der Waals surface area contributed by atoms with Crippen LogP contribution in [0, 0.1) is 0 Å². The van der Waals surface area contributed by atoms with E-state index in [2.05, 4.69) is 0 Å². The van der Waals surface area contributed by atoms with E-state index in [9.17, 15) is 4.79 Å². The van der Waals surface area contributed by atoms with Gasteiger partial charge in [-0.2, -0.15) is 0 Å². The lowest BCUT2D eigenvalue weighted by Gasteiger charge is -2.33. The van der Waals surface area contributed by atoms with E-state index in [-0.39, 0.29) is 11.2 Å². The van der Waals surface area contributed by atoms with Gasteiger partial charge in [-0.15, -0.1) is 0 Å². The van der Waals surface area contributed by atoms with Gasteiger partial charge in [-0.05, 0) is 26.7 Å². The smallest absolute Gasteiger partial charge is 0.167 e. The molecule has 0 bridgehead atoms. The molecule has 2 heteroatoms. The van der Waals surface area contributed by atoms with Gasteiger partial charge in [0.2, 0.25) is 0 Å². The van der Waals surface area contributed by atoms with Crippen molar-refractivity contribution >= 4 is 5.78 Å². The molecule has 1 spiro atoms. The highest BCUT2D eigenvalue weighted by Crippen LogP contribution is 2.43. The monoisotopic (exact) mass is 182 g/mol. The molecule has 2 nitrogen and oxygen atoms in total. The molecule has 2 aliphatic rings. The standard InChI is InChI=1S/C11H18O2/c1-10(2)8-9(12)11(13-10)6-4-3-5-7-11/h3-8H2,1-2H3. The summed E-state index contributed by atoms with van der Waals surface area (Å²) in [7, 11) is 0. The summed E-state index contributed by atoms with van der Waals surface area (Å²) in [6.45, 7) is 4.04. The van der Waals surface area contributed by atoms with Gasteiger partial charge in [0.05, 0.1) is 5.60 Å². The first-order chi connectivity index (χ1) is 6.04. The normalized spacial score (nSPS) is 31.1. The van der Waals surface area contributed by atoms with Gasteiger partial charge in [-0.3, -0.25) is 4.79 Å². The molecule has 0 N–H and O–H groups in total. The van der Waals surface area contributed by atoms with E-state index in [1.54, 1.807) is 0 Å². The van der Waals surface area contributed by atoms with Crippen molar-refractivity contribution in [1.29, 1.82) is 0 Å². The Labute approximate surface area is 79.7 Å². The highest BCUT2D eigenvalue weighted by molar-refractivity contribution is 5.90. The highest BCUT2D eigenvalue weighted by atomic mass is 16.5. The Kier molecular flexibility index (Phi) is 1.99. The van der Waals surface area contributed by atoms with Crippen molar-refractivity contribution in [3.63, 3.8) is 0 Å². The lowest BCUT2D eigenvalue weighted by atomic mass is 9.82. The number of rotatable bonds is 0. The van der Waals surface area contributed by atoms with Crippen LogP contribution in [0.5, 0.6) is 0 Å². The molecule has 0 aromatic heterocycles. The molecule has 1 saturated heterocycles. The highest BCUT2D eigenvalue weighted by Gasteiger charge is 2.51. The molecule has 0 unspecified atom stereocenters. The number of carbonyl (C=O) groups excluding carboxylic acids is 1. The van der Waals surface area contributed by atoms with E-state index in [4.69, 9.17) is 4.74 Å². The van der Waals surface area contributed by atoms with Crippen LogP contribution in [0.4, 0.5) is 0 Å². The van der Waals surface area contributed by atoms with Crippen molar-refractivity contribution in [1.82, 2.24) is 0 Å². The summed E-state index contributed by atoms with van der Waals surface area (Å²) in [6, 6.07) is 0. The van der Waals surface area contributed by atoms with Crippen molar-refractivity contribution in [3.05, 3.63) is 0 Å². The summed E-state index contributed by atoms with van der Waals surface area (Å²) in [4.78, 5) is 11.8. The number of carbonyl (C=O) groups is 1. The van der Waals surface area contributed by atoms with Crippen molar-refractivity contribution in [2.24, 2.45) is 0 Å². The summed E-state index contributed by atoms with van der Waals surface area (Å²) in [5.41, 5.74) is -0.587. The molecule has 2 fully saturated rings. The zero-order valence-corrected chi connectivity index (χ0v) is 8.56. The molecule has 0 aromatic rings. The van der Waals surface area contributed by atoms with E-state index < -0.39 is 0 Å². The Balaban J connectivity index is 2.18. The van der Waals surface area contributed by atoms with Crippen LogP contribution in [0.15, 0.2) is 0 Å². The van der Waals surface area contributed by atoms with Crippen LogP contribution in [0.2, 0.25) is 0 Å². The predicted octanol–water partition coefficient (Wildman–Crippen LogP) is 2.46. The average Bonchev–Trinajstić information content (AvgIpc) is 2.23. The zero-order chi connectivity index (χ0) is 9.53. The van der Waals surface area contributed by atoms with Gasteiger partial charge >= 0.3 is 0 Å². The fourth-order valence-corrected chi connectivity index (χ4v) is 2.67. The van der Waals surface area contributed by atoms with Crippen molar-refractivity contribution in [3.8, 4) is 0 Å². The SMILES string of the molecule is CC1(C)CC(=O)C2(CCCCC2)O1. The molecule has 1 aliphatic carbocycles. The Morgan fingerprint density at radius 1 is 1.15 bits per heavy atom. The Morgan fingerprint density at radius 3 is 2.23 bits per heavy atom. The zero-order valence-electron chi connectivity index (χ0n) is 8.56. The summed E-state index contributed by atoms with van der Waals surface area (Å²) in [5, 5.41) is 0. The topological polar surface area (TPSA) is 26.3 Å². The molecule has 1 heterocycles. The molecular weight excluding hydrogens is 164 g/mol. The first-order valence-corrected chi connectivity index (χ1v) is 5.28. The van der Waals surface area contributed by atoms with Crippen LogP contribution < -0.4 is 0 Å². The molecule has 1 saturated carbocycles. The van der Waals surface area contributed by atoms with Crippen molar-refractivity contribution < 1.29 is 9.53 Å². The fraction of sp³-hybridized carbons (Fsp3) is 0.909. The second-order valence-electron chi connectivity index (χ2n) is 5.02. The van der Waals surface area contributed by atoms with Crippen molar-refractivity contribution in [2.75, 3.05) is 0 Å². The summed E-state index contributed by atoms with van der Waals surface area (Å²) in [5.74, 6) is 0.345. The fourth-order valence-electron chi connectivity index (χ4n) is 2.67. The minimum atomic E-state index is -0.373. The van der Waals surface area contributed by atoms with Gasteiger partial charge in [-0.1, -0.05) is 19.3 Å². The van der Waals surface area contributed by atoms with Crippen LogP contribution in [0.3, 0.4) is 0 Å². The molecule has 1 aliphatic heterocycles. The molecule has 0 amide bonds. The van der Waals surface area contributed by atoms with Crippen LogP contribution in [0.25, 0.3) is 0 Å². The van der Waals surface area contributed by atoms with Gasteiger partial charge in [0.1, 0.15) is 5.60 Å². The number of hydrogen-bond acceptors (Lipinski definition) is 2. The first kappa shape index (κ1) is 9.20. The van der Waals surface area contributed by atoms with Gasteiger partial charge in [0, 0.05) is 6.42 Å². The third kappa shape index (κ3) is 1.52. The Morgan fingerprint density at radius 2 is 1.77 bits per heavy atom. The number of Topliss-reactive ketones (excluding diaryl/α,β-unsaturated/α-hetero) is 1. The number of ketones is 1. The largest absolute Gasteiger partial charge is 0.361 e. The molecule has 13 heavy (non-hydrogen) atoms. The number of hydrogen-bond donors (Lipinski definition) is 0. The van der Waals surface area contributed by atoms with E-state index in [1.165, 1.54) is 6.42 Å². The average molecular weight is 182 g/mol. The lowest BCUT2D eigenvalue weighted by molar-refractivity contribution is -0.143. The Hall–Kier alpha value is -0.370. The maximum absolute atomic E-state index is 11.8. The minimum absolute atomic E-state index is 0.214. The molecule has 0 radical (unpaired) electrons. The molecule has 0 atom stereocenters. The maximum Gasteiger partial charge on any atom is 0.167 e. The Bertz CT molecular complexity index is 224. The van der Waals surface area contributed by atoms with Crippen LogP contribution in [-0.4, -0.2) is 17.0 Å². The van der Waals surface area contributed by atoms with Crippen LogP contribution in [-0.2, 0) is 9.53 Å². The minimum Gasteiger partial charge on any atom is -0.361 e. The van der Waals surface area contributed by atoms with E-state index >= 15 is 0 Å².